The Balaban J connectivity index is 1.25. The molecule has 9 nitrogen and oxygen atoms in total. The normalized spacial score (nSPS) is 15.4. The largest absolute Gasteiger partial charge is 0.451 e. The second-order valence-corrected chi connectivity index (χ2v) is 8.19. The predicted molar refractivity (Wildman–Crippen MR) is 116 cm³/mol. The Hall–Kier alpha value is -3.46. The Morgan fingerprint density at radius 3 is 2.66 bits per heavy atom. The Labute approximate surface area is 184 Å². The van der Waals surface area contributed by atoms with Gasteiger partial charge in [-0.3, -0.25) is 9.69 Å². The van der Waals surface area contributed by atoms with E-state index in [-0.39, 0.29) is 5.91 Å². The van der Waals surface area contributed by atoms with E-state index in [2.05, 4.69) is 20.2 Å². The van der Waals surface area contributed by atoms with Gasteiger partial charge >= 0.3 is 0 Å². The Kier molecular flexibility index (Phi) is 5.26. The number of carbonyl (C=O) groups excluding carboxylic acids is 1. The van der Waals surface area contributed by atoms with Crippen molar-refractivity contribution >= 4 is 16.9 Å². The molecule has 9 heteroatoms. The molecule has 0 radical (unpaired) electrons. The highest BCUT2D eigenvalue weighted by Gasteiger charge is 2.26. The molecular formula is C23H25N5O4. The zero-order valence-corrected chi connectivity index (χ0v) is 18.4. The van der Waals surface area contributed by atoms with Crippen LogP contribution in [0.4, 0.5) is 0 Å². The molecule has 5 rings (SSSR count). The van der Waals surface area contributed by atoms with Crippen molar-refractivity contribution in [3.63, 3.8) is 0 Å². The second kappa shape index (κ2) is 8.23. The van der Waals surface area contributed by atoms with Crippen LogP contribution in [0.2, 0.25) is 0 Å². The van der Waals surface area contributed by atoms with Crippen LogP contribution in [0.1, 0.15) is 39.8 Å². The Bertz CT molecular complexity index is 1250. The van der Waals surface area contributed by atoms with Crippen molar-refractivity contribution in [2.75, 3.05) is 26.2 Å². The van der Waals surface area contributed by atoms with Gasteiger partial charge in [-0.1, -0.05) is 28.5 Å². The molecule has 0 saturated carbocycles. The molecule has 0 bridgehead atoms. The molecule has 1 aromatic carbocycles. The van der Waals surface area contributed by atoms with Gasteiger partial charge in [0.25, 0.3) is 11.8 Å². The SMILES string of the molecule is Cc1noc(C)c1-c1nc(CN2CCCN(C(=O)c3oc4ccccc4c3C)CC2)no1. The number of rotatable bonds is 4. The summed E-state index contributed by atoms with van der Waals surface area (Å²) in [6.07, 6.45) is 0.861. The van der Waals surface area contributed by atoms with Crippen molar-refractivity contribution in [1.29, 1.82) is 0 Å². The van der Waals surface area contributed by atoms with Crippen LogP contribution < -0.4 is 0 Å². The lowest BCUT2D eigenvalue weighted by Crippen LogP contribution is -2.35. The molecule has 0 N–H and O–H groups in total. The molecule has 166 valence electrons. The van der Waals surface area contributed by atoms with E-state index >= 15 is 0 Å². The summed E-state index contributed by atoms with van der Waals surface area (Å²) < 4.78 is 16.5. The predicted octanol–water partition coefficient (Wildman–Crippen LogP) is 3.74. The number of amides is 1. The van der Waals surface area contributed by atoms with Crippen molar-refractivity contribution in [2.24, 2.45) is 0 Å². The van der Waals surface area contributed by atoms with Gasteiger partial charge in [0.05, 0.1) is 12.2 Å². The van der Waals surface area contributed by atoms with Crippen LogP contribution in [0.15, 0.2) is 37.7 Å². The lowest BCUT2D eigenvalue weighted by molar-refractivity contribution is 0.0730. The average Bonchev–Trinajstić information content (AvgIpc) is 3.41. The van der Waals surface area contributed by atoms with Crippen LogP contribution in [0, 0.1) is 20.8 Å². The fourth-order valence-corrected chi connectivity index (χ4v) is 4.26. The van der Waals surface area contributed by atoms with Crippen LogP contribution in [-0.4, -0.2) is 57.2 Å². The zero-order valence-electron chi connectivity index (χ0n) is 18.4. The average molecular weight is 435 g/mol. The first kappa shape index (κ1) is 20.4. The highest BCUT2D eigenvalue weighted by molar-refractivity contribution is 5.98. The minimum absolute atomic E-state index is 0.0548. The van der Waals surface area contributed by atoms with E-state index < -0.39 is 0 Å². The lowest BCUT2D eigenvalue weighted by atomic mass is 10.1. The van der Waals surface area contributed by atoms with Gasteiger partial charge in [0.2, 0.25) is 0 Å². The van der Waals surface area contributed by atoms with Crippen LogP contribution in [0.3, 0.4) is 0 Å². The van der Waals surface area contributed by atoms with Crippen molar-refractivity contribution in [3.8, 4) is 11.5 Å². The highest BCUT2D eigenvalue weighted by atomic mass is 16.5. The van der Waals surface area contributed by atoms with Gasteiger partial charge in [-0.05, 0) is 33.3 Å². The van der Waals surface area contributed by atoms with Crippen LogP contribution >= 0.6 is 0 Å². The minimum atomic E-state index is -0.0548. The summed E-state index contributed by atoms with van der Waals surface area (Å²) in [5.74, 6) is 2.06. The van der Waals surface area contributed by atoms with E-state index in [4.69, 9.17) is 13.5 Å². The van der Waals surface area contributed by atoms with Crippen molar-refractivity contribution in [2.45, 2.75) is 33.7 Å². The third kappa shape index (κ3) is 3.69. The van der Waals surface area contributed by atoms with Crippen molar-refractivity contribution in [1.82, 2.24) is 25.1 Å². The highest BCUT2D eigenvalue weighted by Crippen LogP contribution is 2.27. The summed E-state index contributed by atoms with van der Waals surface area (Å²) in [5, 5.41) is 9.05. The first-order chi connectivity index (χ1) is 15.5. The third-order valence-corrected chi connectivity index (χ3v) is 5.99. The number of fused-ring (bicyclic) bond motifs is 1. The van der Waals surface area contributed by atoms with Gasteiger partial charge in [-0.15, -0.1) is 0 Å². The van der Waals surface area contributed by atoms with E-state index in [1.165, 1.54) is 0 Å². The van der Waals surface area contributed by atoms with E-state index in [0.29, 0.717) is 42.9 Å². The number of hydrogen-bond donors (Lipinski definition) is 0. The Morgan fingerprint density at radius 2 is 1.88 bits per heavy atom. The fourth-order valence-electron chi connectivity index (χ4n) is 4.26. The van der Waals surface area contributed by atoms with Gasteiger partial charge < -0.3 is 18.4 Å². The molecule has 32 heavy (non-hydrogen) atoms. The quantitative estimate of drug-likeness (QED) is 0.478. The first-order valence-corrected chi connectivity index (χ1v) is 10.8. The number of para-hydroxylation sites is 1. The maximum atomic E-state index is 13.2. The topological polar surface area (TPSA) is 102 Å². The molecule has 4 aromatic rings. The summed E-state index contributed by atoms with van der Waals surface area (Å²) in [6.45, 7) is 9.03. The lowest BCUT2D eigenvalue weighted by Gasteiger charge is -2.20. The molecule has 1 amide bonds. The van der Waals surface area contributed by atoms with E-state index in [1.54, 1.807) is 0 Å². The zero-order chi connectivity index (χ0) is 22.2. The number of carbonyl (C=O) groups is 1. The van der Waals surface area contributed by atoms with E-state index in [0.717, 1.165) is 47.3 Å². The number of furan rings is 1. The van der Waals surface area contributed by atoms with Crippen molar-refractivity contribution in [3.05, 3.63) is 52.9 Å². The summed E-state index contributed by atoms with van der Waals surface area (Å²) in [6, 6.07) is 7.75. The maximum absolute atomic E-state index is 13.2. The monoisotopic (exact) mass is 435 g/mol. The number of aromatic nitrogens is 3. The number of benzene rings is 1. The summed E-state index contributed by atoms with van der Waals surface area (Å²) in [4.78, 5) is 21.8. The molecule has 3 aromatic heterocycles. The summed E-state index contributed by atoms with van der Waals surface area (Å²) in [5.41, 5.74) is 3.11. The molecular weight excluding hydrogens is 410 g/mol. The number of hydrogen-bond acceptors (Lipinski definition) is 8. The van der Waals surface area contributed by atoms with Gasteiger partial charge in [-0.25, -0.2) is 0 Å². The second-order valence-electron chi connectivity index (χ2n) is 8.19. The molecule has 1 aliphatic rings. The molecule has 0 unspecified atom stereocenters. The molecule has 1 aliphatic heterocycles. The molecule has 0 spiro atoms. The molecule has 1 fully saturated rings. The van der Waals surface area contributed by atoms with Gasteiger partial charge in [0, 0.05) is 37.1 Å². The van der Waals surface area contributed by atoms with E-state index in [9.17, 15) is 4.79 Å². The van der Waals surface area contributed by atoms with Crippen LogP contribution in [-0.2, 0) is 6.54 Å². The standard InChI is InChI=1S/C23H25N5O4/c1-14-17-7-4-5-8-18(17)30-21(14)23(29)28-10-6-9-27(11-12-28)13-19-24-22(32-26-19)20-15(2)25-31-16(20)3/h4-5,7-8H,6,9-13H2,1-3H3. The molecule has 4 heterocycles. The third-order valence-electron chi connectivity index (χ3n) is 5.99. The van der Waals surface area contributed by atoms with Gasteiger partial charge in [-0.2, -0.15) is 4.98 Å². The Morgan fingerprint density at radius 1 is 1.03 bits per heavy atom. The smallest absolute Gasteiger partial charge is 0.289 e. The molecule has 0 atom stereocenters. The van der Waals surface area contributed by atoms with Crippen LogP contribution in [0.5, 0.6) is 0 Å². The first-order valence-electron chi connectivity index (χ1n) is 10.8. The van der Waals surface area contributed by atoms with E-state index in [1.807, 2.05) is 49.9 Å². The minimum Gasteiger partial charge on any atom is -0.451 e. The van der Waals surface area contributed by atoms with Gasteiger partial charge in [0.15, 0.2) is 11.6 Å². The molecule has 1 saturated heterocycles. The number of nitrogens with zero attached hydrogens (tertiary/aromatic N) is 5. The summed E-state index contributed by atoms with van der Waals surface area (Å²) >= 11 is 0. The maximum Gasteiger partial charge on any atom is 0.289 e. The van der Waals surface area contributed by atoms with Crippen molar-refractivity contribution < 1.29 is 18.3 Å². The van der Waals surface area contributed by atoms with Crippen LogP contribution in [0.25, 0.3) is 22.4 Å². The number of aryl methyl sites for hydroxylation is 3. The summed E-state index contributed by atoms with van der Waals surface area (Å²) in [7, 11) is 0. The van der Waals surface area contributed by atoms with Gasteiger partial charge in [0.1, 0.15) is 16.9 Å². The fraction of sp³-hybridized carbons (Fsp3) is 0.391. The molecule has 0 aliphatic carbocycles.